The minimum absolute atomic E-state index is 0.120. The molecule has 0 aliphatic heterocycles. The smallest absolute Gasteiger partial charge is 0.257 e. The Morgan fingerprint density at radius 1 is 1.17 bits per heavy atom. The number of amides is 1. The predicted octanol–water partition coefficient (Wildman–Crippen LogP) is 5.41. The van der Waals surface area contributed by atoms with Crippen LogP contribution in [0.25, 0.3) is 11.2 Å². The molecule has 194 valence electrons. The van der Waals surface area contributed by atoms with Gasteiger partial charge in [-0.3, -0.25) is 9.36 Å². The van der Waals surface area contributed by atoms with E-state index in [1.807, 2.05) is 19.0 Å². The van der Waals surface area contributed by atoms with Crippen molar-refractivity contribution < 1.29 is 13.9 Å². The van der Waals surface area contributed by atoms with Crippen LogP contribution >= 0.6 is 23.2 Å². The summed E-state index contributed by atoms with van der Waals surface area (Å²) in [4.78, 5) is 24.5. The van der Waals surface area contributed by atoms with Crippen LogP contribution in [0.5, 0.6) is 5.88 Å². The summed E-state index contributed by atoms with van der Waals surface area (Å²) in [5.41, 5.74) is 1.67. The molecular formula is C25H31Cl2FN6O2. The third-order valence-corrected chi connectivity index (χ3v) is 7.02. The van der Waals surface area contributed by atoms with Gasteiger partial charge in [0.05, 0.1) is 15.7 Å². The van der Waals surface area contributed by atoms with Crippen LogP contribution in [0.3, 0.4) is 0 Å². The number of ether oxygens (including phenoxy) is 1. The Bertz CT molecular complexity index is 1230. The average molecular weight is 537 g/mol. The van der Waals surface area contributed by atoms with E-state index in [1.54, 1.807) is 17.7 Å². The van der Waals surface area contributed by atoms with Crippen LogP contribution in [0, 0.1) is 11.7 Å². The molecule has 0 spiro atoms. The first-order valence-corrected chi connectivity index (χ1v) is 12.8. The Hall–Kier alpha value is -2.62. The number of carbonyl (C=O) groups excluding carboxylic acids is 1. The molecule has 1 aliphatic rings. The molecule has 3 aromatic rings. The van der Waals surface area contributed by atoms with Crippen molar-refractivity contribution in [2.24, 2.45) is 13.0 Å². The van der Waals surface area contributed by atoms with Crippen molar-refractivity contribution in [2.45, 2.75) is 38.6 Å². The maximum Gasteiger partial charge on any atom is 0.257 e. The first-order valence-electron chi connectivity index (χ1n) is 12.0. The van der Waals surface area contributed by atoms with Crippen LogP contribution in [-0.2, 0) is 7.05 Å². The van der Waals surface area contributed by atoms with Gasteiger partial charge < -0.3 is 20.3 Å². The molecule has 1 aromatic carbocycles. The highest BCUT2D eigenvalue weighted by molar-refractivity contribution is 6.39. The number of rotatable bonds is 8. The van der Waals surface area contributed by atoms with Crippen molar-refractivity contribution >= 4 is 51.9 Å². The van der Waals surface area contributed by atoms with Crippen LogP contribution in [0.15, 0.2) is 18.2 Å². The summed E-state index contributed by atoms with van der Waals surface area (Å²) in [5.74, 6) is 0.548. The second-order valence-corrected chi connectivity index (χ2v) is 10.4. The Labute approximate surface area is 220 Å². The SMILES string of the molecule is CC1CCC(NC(=O)c2cc3nc(Nc4c(Cl)cc(F)cc4Cl)n(C)c3nc2OCCN(C)C)CC1. The molecule has 1 amide bonds. The van der Waals surface area contributed by atoms with Crippen LogP contribution < -0.4 is 15.4 Å². The van der Waals surface area contributed by atoms with E-state index in [0.29, 0.717) is 47.4 Å². The number of nitrogens with zero attached hydrogens (tertiary/aromatic N) is 4. The number of likely N-dealkylation sites (N-methyl/N-ethyl adjacent to an activating group) is 1. The van der Waals surface area contributed by atoms with Crippen molar-refractivity contribution in [1.29, 1.82) is 0 Å². The molecule has 0 atom stereocenters. The quantitative estimate of drug-likeness (QED) is 0.400. The van der Waals surface area contributed by atoms with E-state index in [-0.39, 0.29) is 27.9 Å². The van der Waals surface area contributed by atoms with Crippen molar-refractivity contribution in [3.05, 3.63) is 39.6 Å². The number of aromatic nitrogens is 3. The van der Waals surface area contributed by atoms with E-state index in [2.05, 4.69) is 27.5 Å². The van der Waals surface area contributed by atoms with Gasteiger partial charge in [-0.15, -0.1) is 0 Å². The van der Waals surface area contributed by atoms with Crippen LogP contribution in [-0.4, -0.2) is 58.6 Å². The molecule has 0 saturated heterocycles. The molecule has 1 saturated carbocycles. The standard InChI is InChI=1S/C25H31Cl2FN6O2/c1-14-5-7-16(8-6-14)29-23(35)17-13-20-22(32-24(17)36-10-9-33(2)3)34(4)25(30-20)31-21-18(26)11-15(28)12-19(21)27/h11-14,16H,5-10H2,1-4H3,(H,29,35)(H,30,31). The first-order chi connectivity index (χ1) is 17.1. The fourth-order valence-electron chi connectivity index (χ4n) is 4.25. The molecule has 2 N–H and O–H groups in total. The third kappa shape index (κ3) is 6.02. The highest BCUT2D eigenvalue weighted by atomic mass is 35.5. The monoisotopic (exact) mass is 536 g/mol. The molecule has 1 fully saturated rings. The second-order valence-electron chi connectivity index (χ2n) is 9.63. The fraction of sp³-hybridized carbons (Fsp3) is 0.480. The number of anilines is 2. The summed E-state index contributed by atoms with van der Waals surface area (Å²) in [6.45, 7) is 3.28. The van der Waals surface area contributed by atoms with Crippen molar-refractivity contribution in [1.82, 2.24) is 24.8 Å². The molecule has 0 unspecified atom stereocenters. The van der Waals surface area contributed by atoms with Gasteiger partial charge in [-0.1, -0.05) is 30.1 Å². The lowest BCUT2D eigenvalue weighted by atomic mass is 9.87. The molecule has 0 bridgehead atoms. The average Bonchev–Trinajstić information content (AvgIpc) is 3.11. The molecule has 2 aromatic heterocycles. The van der Waals surface area contributed by atoms with Crippen LogP contribution in [0.1, 0.15) is 43.0 Å². The van der Waals surface area contributed by atoms with Gasteiger partial charge in [-0.25, -0.2) is 9.37 Å². The minimum atomic E-state index is -0.537. The number of halogens is 3. The van der Waals surface area contributed by atoms with E-state index in [1.165, 1.54) is 12.1 Å². The van der Waals surface area contributed by atoms with E-state index in [4.69, 9.17) is 27.9 Å². The highest BCUT2D eigenvalue weighted by Gasteiger charge is 2.24. The minimum Gasteiger partial charge on any atom is -0.476 e. The fourth-order valence-corrected chi connectivity index (χ4v) is 4.80. The number of aryl methyl sites for hydroxylation is 1. The van der Waals surface area contributed by atoms with Gasteiger partial charge in [-0.2, -0.15) is 4.98 Å². The molecule has 36 heavy (non-hydrogen) atoms. The number of fused-ring (bicyclic) bond motifs is 1. The Morgan fingerprint density at radius 3 is 2.47 bits per heavy atom. The number of pyridine rings is 1. The molecule has 0 radical (unpaired) electrons. The predicted molar refractivity (Wildman–Crippen MR) is 141 cm³/mol. The van der Waals surface area contributed by atoms with Gasteiger partial charge in [0, 0.05) is 19.6 Å². The van der Waals surface area contributed by atoms with E-state index in [0.717, 1.165) is 25.7 Å². The summed E-state index contributed by atoms with van der Waals surface area (Å²) in [5, 5.41) is 6.45. The van der Waals surface area contributed by atoms with Crippen LogP contribution in [0.2, 0.25) is 10.0 Å². The number of carbonyl (C=O) groups is 1. The van der Waals surface area contributed by atoms with Crippen molar-refractivity contribution in [2.75, 3.05) is 32.6 Å². The summed E-state index contributed by atoms with van der Waals surface area (Å²) in [6.07, 6.45) is 4.10. The molecular weight excluding hydrogens is 506 g/mol. The lowest BCUT2D eigenvalue weighted by Crippen LogP contribution is -2.37. The zero-order valence-electron chi connectivity index (χ0n) is 20.9. The Morgan fingerprint density at radius 2 is 1.83 bits per heavy atom. The maximum atomic E-state index is 13.6. The lowest BCUT2D eigenvalue weighted by molar-refractivity contribution is 0.0917. The first kappa shape index (κ1) is 26.4. The van der Waals surface area contributed by atoms with Crippen molar-refractivity contribution in [3.8, 4) is 5.88 Å². The third-order valence-electron chi connectivity index (χ3n) is 6.43. The van der Waals surface area contributed by atoms with E-state index < -0.39 is 5.82 Å². The van der Waals surface area contributed by atoms with E-state index in [9.17, 15) is 9.18 Å². The molecule has 11 heteroatoms. The number of nitrogens with one attached hydrogen (secondary N) is 2. The zero-order valence-corrected chi connectivity index (χ0v) is 22.4. The largest absolute Gasteiger partial charge is 0.476 e. The maximum absolute atomic E-state index is 13.6. The lowest BCUT2D eigenvalue weighted by Gasteiger charge is -2.27. The number of imidazole rings is 1. The summed E-state index contributed by atoms with van der Waals surface area (Å²) < 4.78 is 21.3. The summed E-state index contributed by atoms with van der Waals surface area (Å²) in [6, 6.07) is 4.15. The number of hydrogen-bond donors (Lipinski definition) is 2. The van der Waals surface area contributed by atoms with Gasteiger partial charge in [0.2, 0.25) is 11.8 Å². The molecule has 8 nitrogen and oxygen atoms in total. The highest BCUT2D eigenvalue weighted by Crippen LogP contribution is 2.34. The van der Waals surface area contributed by atoms with Gasteiger partial charge in [-0.05, 0) is 63.9 Å². The van der Waals surface area contributed by atoms with Gasteiger partial charge in [0.1, 0.15) is 23.5 Å². The summed E-state index contributed by atoms with van der Waals surface area (Å²) in [7, 11) is 5.66. The number of hydrogen-bond acceptors (Lipinski definition) is 6. The summed E-state index contributed by atoms with van der Waals surface area (Å²) >= 11 is 12.4. The van der Waals surface area contributed by atoms with Crippen molar-refractivity contribution in [3.63, 3.8) is 0 Å². The normalized spacial score (nSPS) is 18.0. The molecule has 2 heterocycles. The molecule has 4 rings (SSSR count). The number of benzene rings is 1. The zero-order chi connectivity index (χ0) is 26.0. The van der Waals surface area contributed by atoms with Gasteiger partial charge in [0.25, 0.3) is 5.91 Å². The Kier molecular flexibility index (Phi) is 8.22. The van der Waals surface area contributed by atoms with Gasteiger partial charge >= 0.3 is 0 Å². The van der Waals surface area contributed by atoms with Gasteiger partial charge in [0.15, 0.2) is 5.65 Å². The van der Waals surface area contributed by atoms with Crippen LogP contribution in [0.4, 0.5) is 16.0 Å². The Balaban J connectivity index is 1.67. The second kappa shape index (κ2) is 11.2. The molecule has 1 aliphatic carbocycles. The topological polar surface area (TPSA) is 84.3 Å². The van der Waals surface area contributed by atoms with E-state index >= 15 is 0 Å².